The second-order valence-corrected chi connectivity index (χ2v) is 5.16. The van der Waals surface area contributed by atoms with Gasteiger partial charge >= 0.3 is 0 Å². The maximum absolute atomic E-state index is 3.96. The molecule has 0 saturated heterocycles. The lowest BCUT2D eigenvalue weighted by Crippen LogP contribution is -2.31. The number of hydrogen-bond donors (Lipinski definition) is 2. The lowest BCUT2D eigenvalue weighted by molar-refractivity contribution is 0.586. The highest BCUT2D eigenvalue weighted by Crippen LogP contribution is 2.19. The van der Waals surface area contributed by atoms with Gasteiger partial charge in [-0.05, 0) is 20.1 Å². The summed E-state index contributed by atoms with van der Waals surface area (Å²) < 4.78 is 0.306. The summed E-state index contributed by atoms with van der Waals surface area (Å²) in [5.74, 6) is 0. The zero-order chi connectivity index (χ0) is 9.73. The minimum Gasteiger partial charge on any atom is -0.347 e. The van der Waals surface area contributed by atoms with E-state index in [2.05, 4.69) is 35.4 Å². The Labute approximate surface area is 83.7 Å². The first-order chi connectivity index (χ1) is 6.14. The Bertz CT molecular complexity index is 231. The van der Waals surface area contributed by atoms with Crippen molar-refractivity contribution in [2.45, 2.75) is 25.1 Å². The quantitative estimate of drug-likeness (QED) is 0.757. The number of H-pyrrole nitrogens is 1. The molecule has 0 amide bonds. The van der Waals surface area contributed by atoms with Gasteiger partial charge in [-0.3, -0.25) is 0 Å². The molecule has 4 heteroatoms. The smallest absolute Gasteiger partial charge is 0.0922 e. The van der Waals surface area contributed by atoms with Crippen molar-refractivity contribution in [3.05, 3.63) is 18.2 Å². The largest absolute Gasteiger partial charge is 0.347 e. The average Bonchev–Trinajstić information content (AvgIpc) is 2.57. The third kappa shape index (κ3) is 3.83. The van der Waals surface area contributed by atoms with Crippen LogP contribution in [0.3, 0.4) is 0 Å². The van der Waals surface area contributed by atoms with Gasteiger partial charge in [-0.25, -0.2) is 4.98 Å². The summed E-state index contributed by atoms with van der Waals surface area (Å²) in [6.45, 7) is 6.34. The number of rotatable bonds is 5. The second-order valence-electron chi connectivity index (χ2n) is 3.64. The van der Waals surface area contributed by atoms with Gasteiger partial charge < -0.3 is 10.3 Å². The third-order valence-corrected chi connectivity index (χ3v) is 3.22. The van der Waals surface area contributed by atoms with Gasteiger partial charge in [0.25, 0.3) is 0 Å². The molecule has 1 aromatic rings. The van der Waals surface area contributed by atoms with Crippen LogP contribution in [0, 0.1) is 0 Å². The fraction of sp³-hybridized carbons (Fsp3) is 0.667. The van der Waals surface area contributed by atoms with E-state index < -0.39 is 0 Å². The number of hydrogen-bond acceptors (Lipinski definition) is 3. The first-order valence-corrected chi connectivity index (χ1v) is 5.60. The third-order valence-electron chi connectivity index (χ3n) is 1.97. The van der Waals surface area contributed by atoms with Crippen LogP contribution in [-0.2, 0) is 6.54 Å². The molecule has 0 fully saturated rings. The first-order valence-electron chi connectivity index (χ1n) is 4.37. The number of imidazole rings is 1. The van der Waals surface area contributed by atoms with Crippen LogP contribution in [-0.4, -0.2) is 27.5 Å². The molecule has 0 aromatic carbocycles. The molecule has 0 saturated carbocycles. The first kappa shape index (κ1) is 10.6. The topological polar surface area (TPSA) is 40.7 Å². The van der Waals surface area contributed by atoms with Crippen molar-refractivity contribution in [3.63, 3.8) is 0 Å². The molecule has 0 bridgehead atoms. The van der Waals surface area contributed by atoms with Crippen molar-refractivity contribution in [1.82, 2.24) is 15.3 Å². The van der Waals surface area contributed by atoms with Crippen LogP contribution in [0.4, 0.5) is 0 Å². The van der Waals surface area contributed by atoms with Crippen molar-refractivity contribution in [1.29, 1.82) is 0 Å². The molecule has 0 aliphatic rings. The number of aromatic amines is 1. The summed E-state index contributed by atoms with van der Waals surface area (Å²) in [5.41, 5.74) is 1.14. The molecule has 0 aliphatic carbocycles. The highest BCUT2D eigenvalue weighted by Gasteiger charge is 2.14. The summed E-state index contributed by atoms with van der Waals surface area (Å²) in [4.78, 5) is 7.02. The van der Waals surface area contributed by atoms with E-state index in [1.54, 1.807) is 6.33 Å². The van der Waals surface area contributed by atoms with Crippen LogP contribution in [0.1, 0.15) is 19.5 Å². The van der Waals surface area contributed by atoms with Gasteiger partial charge in [0.2, 0.25) is 0 Å². The van der Waals surface area contributed by atoms with Gasteiger partial charge in [0, 0.05) is 29.7 Å². The Morgan fingerprint density at radius 2 is 2.38 bits per heavy atom. The highest BCUT2D eigenvalue weighted by atomic mass is 32.2. The van der Waals surface area contributed by atoms with Gasteiger partial charge in [0.15, 0.2) is 0 Å². The predicted octanol–water partition coefficient (Wildman–Crippen LogP) is 1.64. The van der Waals surface area contributed by atoms with Gasteiger partial charge in [0.05, 0.1) is 6.33 Å². The van der Waals surface area contributed by atoms with Crippen molar-refractivity contribution in [2.75, 3.05) is 12.8 Å². The maximum Gasteiger partial charge on any atom is 0.0922 e. The zero-order valence-electron chi connectivity index (χ0n) is 8.42. The molecule has 0 atom stereocenters. The second kappa shape index (κ2) is 4.67. The zero-order valence-corrected chi connectivity index (χ0v) is 9.24. The van der Waals surface area contributed by atoms with Crippen LogP contribution < -0.4 is 5.32 Å². The van der Waals surface area contributed by atoms with Crippen molar-refractivity contribution in [3.8, 4) is 0 Å². The maximum atomic E-state index is 3.96. The molecule has 0 radical (unpaired) electrons. The van der Waals surface area contributed by atoms with E-state index in [4.69, 9.17) is 0 Å². The minimum absolute atomic E-state index is 0.306. The standard InChI is InChI=1S/C9H17N3S/c1-9(2,13-3)6-10-4-8-5-11-7-12-8/h5,7,10H,4,6H2,1-3H3,(H,11,12). The summed E-state index contributed by atoms with van der Waals surface area (Å²) in [6, 6.07) is 0. The lowest BCUT2D eigenvalue weighted by atomic mass is 10.2. The summed E-state index contributed by atoms with van der Waals surface area (Å²) in [5, 5.41) is 3.39. The molecular formula is C9H17N3S. The molecule has 0 unspecified atom stereocenters. The molecule has 1 rings (SSSR count). The van der Waals surface area contributed by atoms with Crippen LogP contribution in [0.25, 0.3) is 0 Å². The number of nitrogens with one attached hydrogen (secondary N) is 2. The molecule has 13 heavy (non-hydrogen) atoms. The normalized spacial score (nSPS) is 11.9. The van der Waals surface area contributed by atoms with E-state index >= 15 is 0 Å². The summed E-state index contributed by atoms with van der Waals surface area (Å²) >= 11 is 1.88. The average molecular weight is 199 g/mol. The number of aromatic nitrogens is 2. The van der Waals surface area contributed by atoms with Crippen LogP contribution in [0.15, 0.2) is 12.5 Å². The monoisotopic (exact) mass is 199 g/mol. The van der Waals surface area contributed by atoms with E-state index in [0.717, 1.165) is 18.8 Å². The molecule has 0 spiro atoms. The van der Waals surface area contributed by atoms with Crippen molar-refractivity contribution < 1.29 is 0 Å². The van der Waals surface area contributed by atoms with Crippen LogP contribution >= 0.6 is 11.8 Å². The van der Waals surface area contributed by atoms with E-state index in [9.17, 15) is 0 Å². The fourth-order valence-corrected chi connectivity index (χ4v) is 1.20. The van der Waals surface area contributed by atoms with E-state index in [0.29, 0.717) is 4.75 Å². The Balaban J connectivity index is 2.21. The van der Waals surface area contributed by atoms with Crippen molar-refractivity contribution >= 4 is 11.8 Å². The van der Waals surface area contributed by atoms with Crippen LogP contribution in [0.2, 0.25) is 0 Å². The minimum atomic E-state index is 0.306. The van der Waals surface area contributed by atoms with Crippen LogP contribution in [0.5, 0.6) is 0 Å². The Morgan fingerprint density at radius 1 is 1.62 bits per heavy atom. The molecule has 1 heterocycles. The van der Waals surface area contributed by atoms with Gasteiger partial charge in [0.1, 0.15) is 0 Å². The van der Waals surface area contributed by atoms with E-state index in [-0.39, 0.29) is 0 Å². The molecule has 0 aliphatic heterocycles. The molecule has 3 nitrogen and oxygen atoms in total. The van der Waals surface area contributed by atoms with Gasteiger partial charge in [-0.2, -0.15) is 11.8 Å². The number of thioether (sulfide) groups is 1. The van der Waals surface area contributed by atoms with E-state index in [1.807, 2.05) is 18.0 Å². The predicted molar refractivity (Wildman–Crippen MR) is 57.9 cm³/mol. The molecule has 2 N–H and O–H groups in total. The van der Waals surface area contributed by atoms with Gasteiger partial charge in [-0.15, -0.1) is 0 Å². The van der Waals surface area contributed by atoms with Gasteiger partial charge in [-0.1, -0.05) is 0 Å². The lowest BCUT2D eigenvalue weighted by Gasteiger charge is -2.21. The summed E-state index contributed by atoms with van der Waals surface area (Å²) in [7, 11) is 0. The summed E-state index contributed by atoms with van der Waals surface area (Å²) in [6.07, 6.45) is 5.69. The molecular weight excluding hydrogens is 182 g/mol. The van der Waals surface area contributed by atoms with E-state index in [1.165, 1.54) is 0 Å². The SMILES string of the molecule is CSC(C)(C)CNCc1cnc[nH]1. The Hall–Kier alpha value is -0.480. The highest BCUT2D eigenvalue weighted by molar-refractivity contribution is 7.99. The Kier molecular flexibility index (Phi) is 3.81. The fourth-order valence-electron chi connectivity index (χ4n) is 0.952. The Morgan fingerprint density at radius 3 is 2.92 bits per heavy atom. The van der Waals surface area contributed by atoms with Crippen molar-refractivity contribution in [2.24, 2.45) is 0 Å². The number of nitrogens with zero attached hydrogens (tertiary/aromatic N) is 1. The molecule has 1 aromatic heterocycles. The molecule has 74 valence electrons.